The lowest BCUT2D eigenvalue weighted by Crippen LogP contribution is -2.39. The predicted octanol–water partition coefficient (Wildman–Crippen LogP) is 3.21. The van der Waals surface area contributed by atoms with Crippen molar-refractivity contribution in [2.24, 2.45) is 0 Å². The fraction of sp³-hybridized carbons (Fsp3) is 0.286. The van der Waals surface area contributed by atoms with Gasteiger partial charge in [0.05, 0.1) is 6.42 Å². The number of anilines is 1. The monoisotopic (exact) mass is 399 g/mol. The lowest BCUT2D eigenvalue weighted by molar-refractivity contribution is -0.130. The van der Waals surface area contributed by atoms with Gasteiger partial charge in [-0.1, -0.05) is 30.3 Å². The molecule has 0 radical (unpaired) electrons. The molecule has 2 amide bonds. The topological polar surface area (TPSA) is 52.7 Å². The molecule has 1 atom stereocenters. The third-order valence-corrected chi connectivity index (χ3v) is 5.17. The molecular formula is C21H22FN3O2S. The average Bonchev–Trinajstić information content (AvgIpc) is 2.92. The second-order valence-electron chi connectivity index (χ2n) is 6.57. The van der Waals surface area contributed by atoms with Crippen molar-refractivity contribution >= 4 is 34.8 Å². The molecule has 1 aliphatic rings. The molecule has 2 aromatic rings. The minimum Gasteiger partial charge on any atom is -0.336 e. The Bertz CT molecular complexity index is 858. The van der Waals surface area contributed by atoms with E-state index in [1.165, 1.54) is 29.2 Å². The Balaban J connectivity index is 1.69. The minimum absolute atomic E-state index is 0.0123. The van der Waals surface area contributed by atoms with E-state index in [2.05, 4.69) is 5.32 Å². The van der Waals surface area contributed by atoms with Crippen LogP contribution in [-0.2, 0) is 16.0 Å². The number of hydrogen-bond acceptors (Lipinski definition) is 3. The number of carbonyl (C=O) groups is 2. The fourth-order valence-corrected chi connectivity index (χ4v) is 3.69. The summed E-state index contributed by atoms with van der Waals surface area (Å²) in [5.74, 6) is -0.842. The molecule has 0 saturated carbocycles. The summed E-state index contributed by atoms with van der Waals surface area (Å²) in [4.78, 5) is 28.6. The first-order valence-electron chi connectivity index (χ1n) is 9.21. The normalized spacial score (nSPS) is 16.6. The minimum atomic E-state index is -0.628. The second-order valence-corrected chi connectivity index (χ2v) is 6.93. The summed E-state index contributed by atoms with van der Waals surface area (Å²) >= 11 is 5.49. The molecule has 0 spiro atoms. The predicted molar refractivity (Wildman–Crippen MR) is 110 cm³/mol. The second kappa shape index (κ2) is 8.93. The highest BCUT2D eigenvalue weighted by Crippen LogP contribution is 2.22. The molecule has 1 heterocycles. The maximum absolute atomic E-state index is 13.0. The van der Waals surface area contributed by atoms with Gasteiger partial charge >= 0.3 is 0 Å². The Morgan fingerprint density at radius 2 is 1.82 bits per heavy atom. The highest BCUT2D eigenvalue weighted by Gasteiger charge is 2.42. The van der Waals surface area contributed by atoms with Crippen LogP contribution in [0.5, 0.6) is 0 Å². The lowest BCUT2D eigenvalue weighted by atomic mass is 10.1. The molecule has 0 unspecified atom stereocenters. The van der Waals surface area contributed by atoms with E-state index in [4.69, 9.17) is 12.2 Å². The van der Waals surface area contributed by atoms with E-state index >= 15 is 0 Å². The van der Waals surface area contributed by atoms with E-state index in [0.717, 1.165) is 12.0 Å². The molecule has 5 nitrogen and oxygen atoms in total. The van der Waals surface area contributed by atoms with Crippen molar-refractivity contribution in [3.63, 3.8) is 0 Å². The van der Waals surface area contributed by atoms with Gasteiger partial charge in [-0.15, -0.1) is 0 Å². The summed E-state index contributed by atoms with van der Waals surface area (Å²) in [6.07, 6.45) is 0.712. The molecule has 1 fully saturated rings. The number of thiocarbonyl (C=S) groups is 1. The van der Waals surface area contributed by atoms with Crippen molar-refractivity contribution in [3.8, 4) is 0 Å². The van der Waals surface area contributed by atoms with Gasteiger partial charge in [0.1, 0.15) is 11.9 Å². The van der Waals surface area contributed by atoms with Crippen LogP contribution in [0.3, 0.4) is 0 Å². The van der Waals surface area contributed by atoms with Gasteiger partial charge in [-0.05, 0) is 55.4 Å². The number of amides is 2. The highest BCUT2D eigenvalue weighted by atomic mass is 32.1. The SMILES string of the molecule is CCN1C(=O)[C@@H](CC(=O)Nc2ccc(F)cc2)N(CCc2ccccc2)C1=S. The summed E-state index contributed by atoms with van der Waals surface area (Å²) in [5.41, 5.74) is 1.63. The van der Waals surface area contributed by atoms with Crippen LogP contribution in [0, 0.1) is 5.82 Å². The Morgan fingerprint density at radius 3 is 2.46 bits per heavy atom. The highest BCUT2D eigenvalue weighted by molar-refractivity contribution is 7.80. The van der Waals surface area contributed by atoms with Crippen molar-refractivity contribution in [2.75, 3.05) is 18.4 Å². The van der Waals surface area contributed by atoms with Gasteiger partial charge in [0, 0.05) is 18.8 Å². The van der Waals surface area contributed by atoms with Crippen LogP contribution in [0.15, 0.2) is 54.6 Å². The molecule has 28 heavy (non-hydrogen) atoms. The Kier molecular flexibility index (Phi) is 6.36. The smallest absolute Gasteiger partial charge is 0.252 e. The van der Waals surface area contributed by atoms with Crippen LogP contribution >= 0.6 is 12.2 Å². The third-order valence-electron chi connectivity index (χ3n) is 4.71. The van der Waals surface area contributed by atoms with E-state index in [1.54, 1.807) is 0 Å². The number of nitrogens with one attached hydrogen (secondary N) is 1. The molecule has 0 bridgehead atoms. The van der Waals surface area contributed by atoms with Crippen LogP contribution in [0.4, 0.5) is 10.1 Å². The molecule has 7 heteroatoms. The van der Waals surface area contributed by atoms with E-state index in [1.807, 2.05) is 42.2 Å². The van der Waals surface area contributed by atoms with E-state index in [-0.39, 0.29) is 24.1 Å². The van der Waals surface area contributed by atoms with Gasteiger partial charge in [-0.2, -0.15) is 0 Å². The third kappa shape index (κ3) is 4.54. The molecule has 146 valence electrons. The maximum Gasteiger partial charge on any atom is 0.252 e. The average molecular weight is 399 g/mol. The summed E-state index contributed by atoms with van der Waals surface area (Å²) in [5, 5.41) is 3.17. The Labute approximate surface area is 169 Å². The summed E-state index contributed by atoms with van der Waals surface area (Å²) in [6.45, 7) is 2.88. The molecule has 0 aliphatic carbocycles. The number of halogens is 1. The van der Waals surface area contributed by atoms with Gasteiger partial charge in [0.15, 0.2) is 5.11 Å². The summed E-state index contributed by atoms with van der Waals surface area (Å²) < 4.78 is 13.0. The summed E-state index contributed by atoms with van der Waals surface area (Å²) in [6, 6.07) is 14.8. The molecule has 2 aromatic carbocycles. The molecule has 1 saturated heterocycles. The van der Waals surface area contributed by atoms with Gasteiger partial charge in [-0.25, -0.2) is 4.39 Å². The van der Waals surface area contributed by atoms with Crippen LogP contribution in [0.25, 0.3) is 0 Å². The summed E-state index contributed by atoms with van der Waals surface area (Å²) in [7, 11) is 0. The lowest BCUT2D eigenvalue weighted by Gasteiger charge is -2.23. The molecule has 3 rings (SSSR count). The number of hydrogen-bond donors (Lipinski definition) is 1. The van der Waals surface area contributed by atoms with Gasteiger partial charge in [-0.3, -0.25) is 14.5 Å². The van der Waals surface area contributed by atoms with Gasteiger partial charge in [0.25, 0.3) is 5.91 Å². The molecular weight excluding hydrogens is 377 g/mol. The van der Waals surface area contributed by atoms with Crippen molar-refractivity contribution in [3.05, 3.63) is 66.0 Å². The van der Waals surface area contributed by atoms with Crippen LogP contribution in [-0.4, -0.2) is 45.9 Å². The first-order valence-corrected chi connectivity index (χ1v) is 9.61. The fourth-order valence-electron chi connectivity index (χ4n) is 3.25. The maximum atomic E-state index is 13.0. The van der Waals surface area contributed by atoms with E-state index in [0.29, 0.717) is 23.9 Å². The number of rotatable bonds is 7. The number of likely N-dealkylation sites (N-methyl/N-ethyl adjacent to an activating group) is 1. The Morgan fingerprint density at radius 1 is 1.14 bits per heavy atom. The van der Waals surface area contributed by atoms with Crippen molar-refractivity contribution in [2.45, 2.75) is 25.8 Å². The standard InChI is InChI=1S/C21H22FN3O2S/c1-2-24-20(27)18(14-19(26)23-17-10-8-16(22)9-11-17)25(21(24)28)13-12-15-6-4-3-5-7-15/h3-11,18H,2,12-14H2,1H3,(H,23,26)/t18-/m1/s1. The zero-order valence-corrected chi connectivity index (χ0v) is 16.4. The number of benzene rings is 2. The molecule has 1 N–H and O–H groups in total. The zero-order valence-electron chi connectivity index (χ0n) is 15.6. The molecule has 1 aliphatic heterocycles. The van der Waals surface area contributed by atoms with E-state index < -0.39 is 6.04 Å². The largest absolute Gasteiger partial charge is 0.336 e. The number of nitrogens with zero attached hydrogens (tertiary/aromatic N) is 2. The van der Waals surface area contributed by atoms with E-state index in [9.17, 15) is 14.0 Å². The van der Waals surface area contributed by atoms with Crippen LogP contribution in [0.1, 0.15) is 18.9 Å². The number of carbonyl (C=O) groups excluding carboxylic acids is 2. The zero-order chi connectivity index (χ0) is 20.1. The van der Waals surface area contributed by atoms with Crippen molar-refractivity contribution in [1.82, 2.24) is 9.80 Å². The molecule has 0 aromatic heterocycles. The van der Waals surface area contributed by atoms with Gasteiger partial charge in [0.2, 0.25) is 5.91 Å². The van der Waals surface area contributed by atoms with Gasteiger partial charge < -0.3 is 10.2 Å². The Hall–Kier alpha value is -2.80. The first-order chi connectivity index (χ1) is 13.5. The first kappa shape index (κ1) is 19.9. The van der Waals surface area contributed by atoms with Crippen molar-refractivity contribution < 1.29 is 14.0 Å². The van der Waals surface area contributed by atoms with Crippen LogP contribution in [0.2, 0.25) is 0 Å². The quantitative estimate of drug-likeness (QED) is 0.727. The van der Waals surface area contributed by atoms with Crippen LogP contribution < -0.4 is 5.32 Å². The van der Waals surface area contributed by atoms with Crippen molar-refractivity contribution in [1.29, 1.82) is 0 Å².